The van der Waals surface area contributed by atoms with Crippen LogP contribution in [0.3, 0.4) is 0 Å². The summed E-state index contributed by atoms with van der Waals surface area (Å²) in [7, 11) is 0. The number of hydrogen-bond acceptors (Lipinski definition) is 5. The van der Waals surface area contributed by atoms with E-state index in [4.69, 9.17) is 11.6 Å². The van der Waals surface area contributed by atoms with Crippen LogP contribution in [-0.4, -0.2) is 35.2 Å². The number of benzene rings is 1. The Morgan fingerprint density at radius 1 is 1.21 bits per heavy atom. The maximum atomic E-state index is 14.5. The van der Waals surface area contributed by atoms with Crippen molar-refractivity contribution in [2.75, 3.05) is 0 Å². The summed E-state index contributed by atoms with van der Waals surface area (Å²) < 4.78 is 16.2. The molecule has 0 amide bonds. The van der Waals surface area contributed by atoms with E-state index in [9.17, 15) is 4.39 Å². The van der Waals surface area contributed by atoms with Crippen LogP contribution in [0.4, 0.5) is 4.39 Å². The van der Waals surface area contributed by atoms with E-state index in [-0.39, 0.29) is 0 Å². The van der Waals surface area contributed by atoms with Gasteiger partial charge >= 0.3 is 0 Å². The van der Waals surface area contributed by atoms with Gasteiger partial charge in [-0.05, 0) is 28.6 Å². The number of hydrogen-bond donors (Lipinski definition) is 1. The normalized spacial score (nSPS) is 10.9. The number of pyridine rings is 1. The van der Waals surface area contributed by atoms with Crippen LogP contribution in [0.5, 0.6) is 0 Å². The van der Waals surface area contributed by atoms with Crippen molar-refractivity contribution in [3.8, 4) is 28.3 Å². The van der Waals surface area contributed by atoms with Gasteiger partial charge in [0.05, 0.1) is 28.9 Å². The van der Waals surface area contributed by atoms with E-state index in [0.717, 1.165) is 5.69 Å². The Morgan fingerprint density at radius 3 is 2.79 bits per heavy atom. The smallest absolute Gasteiger partial charge is 0.179 e. The Balaban J connectivity index is 1.74. The molecule has 0 bridgehead atoms. The molecule has 0 spiro atoms. The van der Waals surface area contributed by atoms with E-state index in [1.54, 1.807) is 47.7 Å². The lowest BCUT2D eigenvalue weighted by atomic mass is 10.1. The molecule has 0 saturated heterocycles. The Hall–Kier alpha value is -3.13. The molecule has 3 aromatic heterocycles. The molecule has 0 unspecified atom stereocenters. The van der Waals surface area contributed by atoms with E-state index >= 15 is 0 Å². The average Bonchev–Trinajstić information content (AvgIpc) is 3.29. The van der Waals surface area contributed by atoms with Gasteiger partial charge in [-0.25, -0.2) is 14.5 Å². The third kappa shape index (κ3) is 2.52. The van der Waals surface area contributed by atoms with Gasteiger partial charge in [0.2, 0.25) is 0 Å². The first-order valence-corrected chi connectivity index (χ1v) is 7.28. The van der Waals surface area contributed by atoms with Crippen LogP contribution in [0.2, 0.25) is 5.02 Å². The van der Waals surface area contributed by atoms with Crippen molar-refractivity contribution in [2.24, 2.45) is 0 Å². The summed E-state index contributed by atoms with van der Waals surface area (Å²) >= 11 is 6.29. The first-order chi connectivity index (χ1) is 11.7. The molecule has 1 N–H and O–H groups in total. The van der Waals surface area contributed by atoms with E-state index in [0.29, 0.717) is 27.7 Å². The third-order valence-corrected chi connectivity index (χ3v) is 3.76. The molecule has 0 aliphatic carbocycles. The van der Waals surface area contributed by atoms with Gasteiger partial charge in [-0.15, -0.1) is 5.10 Å². The second kappa shape index (κ2) is 5.82. The summed E-state index contributed by atoms with van der Waals surface area (Å²) in [5, 5.41) is 13.6. The largest absolute Gasteiger partial charge is 0.305 e. The molecule has 0 atom stereocenters. The summed E-state index contributed by atoms with van der Waals surface area (Å²) in [5.41, 5.74) is 1.94. The highest BCUT2D eigenvalue weighted by Gasteiger charge is 2.14. The fourth-order valence-electron chi connectivity index (χ4n) is 2.31. The van der Waals surface area contributed by atoms with Gasteiger partial charge in [0.15, 0.2) is 5.82 Å². The molecule has 0 fully saturated rings. The maximum absolute atomic E-state index is 14.5. The molecule has 0 aliphatic heterocycles. The van der Waals surface area contributed by atoms with Gasteiger partial charge < -0.3 is 4.57 Å². The van der Waals surface area contributed by atoms with Crippen molar-refractivity contribution in [3.63, 3.8) is 0 Å². The predicted molar refractivity (Wildman–Crippen MR) is 84.9 cm³/mol. The fourth-order valence-corrected chi connectivity index (χ4v) is 2.58. The maximum Gasteiger partial charge on any atom is 0.179 e. The molecule has 4 rings (SSSR count). The van der Waals surface area contributed by atoms with E-state index in [1.165, 1.54) is 6.07 Å². The zero-order chi connectivity index (χ0) is 16.5. The summed E-state index contributed by atoms with van der Waals surface area (Å²) in [5.74, 6) is -0.0800. The first-order valence-electron chi connectivity index (χ1n) is 6.90. The molecule has 0 radical (unpaired) electrons. The number of nitrogens with zero attached hydrogens (tertiary/aromatic N) is 6. The van der Waals surface area contributed by atoms with E-state index in [1.807, 2.05) is 0 Å². The number of tetrazole rings is 1. The lowest BCUT2D eigenvalue weighted by Gasteiger charge is -2.08. The van der Waals surface area contributed by atoms with E-state index < -0.39 is 5.82 Å². The molecule has 0 aliphatic rings. The van der Waals surface area contributed by atoms with Crippen LogP contribution in [0.1, 0.15) is 0 Å². The SMILES string of the molecule is Fc1cc(-c2nnn[nH]2)ccc1-c1ncc(-n2ccnc2)cc1Cl. The quantitative estimate of drug-likeness (QED) is 0.619. The average molecular weight is 342 g/mol. The lowest BCUT2D eigenvalue weighted by molar-refractivity contribution is 0.631. The number of rotatable bonds is 3. The van der Waals surface area contributed by atoms with Gasteiger partial charge in [-0.2, -0.15) is 0 Å². The van der Waals surface area contributed by atoms with Crippen LogP contribution >= 0.6 is 11.6 Å². The minimum atomic E-state index is -0.464. The number of imidazole rings is 1. The highest BCUT2D eigenvalue weighted by Crippen LogP contribution is 2.31. The lowest BCUT2D eigenvalue weighted by Crippen LogP contribution is -1.95. The second-order valence-corrected chi connectivity index (χ2v) is 5.35. The van der Waals surface area contributed by atoms with Crippen LogP contribution in [-0.2, 0) is 0 Å². The van der Waals surface area contributed by atoms with Crippen LogP contribution in [0.15, 0.2) is 49.2 Å². The molecule has 1 aromatic carbocycles. The predicted octanol–water partition coefficient (Wildman–Crippen LogP) is 2.91. The first kappa shape index (κ1) is 14.5. The standard InChI is InChI=1S/C15H9ClFN7/c16-12-6-10(24-4-3-18-8-24)7-19-14(12)11-2-1-9(5-13(11)17)15-20-22-23-21-15/h1-8H,(H,20,21,22,23). The van der Waals surface area contributed by atoms with Crippen molar-refractivity contribution < 1.29 is 4.39 Å². The van der Waals surface area contributed by atoms with Crippen molar-refractivity contribution in [1.29, 1.82) is 0 Å². The molecule has 7 nitrogen and oxygen atoms in total. The van der Waals surface area contributed by atoms with Crippen LogP contribution in [0.25, 0.3) is 28.3 Å². The zero-order valence-corrected chi connectivity index (χ0v) is 12.8. The number of aromatic amines is 1. The minimum Gasteiger partial charge on any atom is -0.305 e. The summed E-state index contributed by atoms with van der Waals surface area (Å²) in [6, 6.07) is 6.33. The van der Waals surface area contributed by atoms with Gasteiger partial charge in [-0.3, -0.25) is 4.98 Å². The Morgan fingerprint density at radius 2 is 2.12 bits per heavy atom. The number of H-pyrrole nitrogens is 1. The topological polar surface area (TPSA) is 85.2 Å². The van der Waals surface area contributed by atoms with Crippen LogP contribution in [0, 0.1) is 5.82 Å². The van der Waals surface area contributed by atoms with Crippen molar-refractivity contribution in [2.45, 2.75) is 0 Å². The highest BCUT2D eigenvalue weighted by molar-refractivity contribution is 6.33. The number of nitrogens with one attached hydrogen (secondary N) is 1. The minimum absolute atomic E-state index is 0.299. The Bertz CT molecular complexity index is 901. The zero-order valence-electron chi connectivity index (χ0n) is 12.1. The highest BCUT2D eigenvalue weighted by atomic mass is 35.5. The molecule has 0 saturated carbocycles. The van der Waals surface area contributed by atoms with Crippen molar-refractivity contribution in [3.05, 3.63) is 60.0 Å². The third-order valence-electron chi connectivity index (χ3n) is 3.47. The molecule has 3 heterocycles. The van der Waals surface area contributed by atoms with Crippen molar-refractivity contribution in [1.82, 2.24) is 35.2 Å². The summed E-state index contributed by atoms with van der Waals surface area (Å²) in [4.78, 5) is 8.26. The van der Waals surface area contributed by atoms with Gasteiger partial charge in [0, 0.05) is 23.5 Å². The summed E-state index contributed by atoms with van der Waals surface area (Å²) in [6.07, 6.45) is 6.66. The van der Waals surface area contributed by atoms with Gasteiger partial charge in [-0.1, -0.05) is 17.7 Å². The molecule has 9 heteroatoms. The second-order valence-electron chi connectivity index (χ2n) is 4.94. The Kier molecular flexibility index (Phi) is 3.51. The summed E-state index contributed by atoms with van der Waals surface area (Å²) in [6.45, 7) is 0. The van der Waals surface area contributed by atoms with Crippen molar-refractivity contribution >= 4 is 11.6 Å². The molecule has 24 heavy (non-hydrogen) atoms. The Labute approximate surface area is 140 Å². The molecule has 4 aromatic rings. The molecule has 118 valence electrons. The molecular weight excluding hydrogens is 333 g/mol. The number of aromatic nitrogens is 7. The van der Waals surface area contributed by atoms with Gasteiger partial charge in [0.25, 0.3) is 0 Å². The number of halogens is 2. The van der Waals surface area contributed by atoms with Gasteiger partial charge in [0.1, 0.15) is 5.82 Å². The molecular formula is C15H9ClFN7. The van der Waals surface area contributed by atoms with Crippen LogP contribution < -0.4 is 0 Å². The monoisotopic (exact) mass is 341 g/mol. The fraction of sp³-hybridized carbons (Fsp3) is 0. The van der Waals surface area contributed by atoms with E-state index in [2.05, 4.69) is 30.6 Å².